The third kappa shape index (κ3) is 19.0. The summed E-state index contributed by atoms with van der Waals surface area (Å²) in [5, 5.41) is 11.4. The molecule has 6 aliphatic rings. The van der Waals surface area contributed by atoms with Crippen molar-refractivity contribution in [2.45, 2.75) is 201 Å². The Labute approximate surface area is 611 Å². The molecule has 3 unspecified atom stereocenters. The first kappa shape index (κ1) is 76.7. The van der Waals surface area contributed by atoms with Gasteiger partial charge in [-0.25, -0.2) is 24.4 Å². The number of anilines is 2. The number of rotatable bonds is 28. The van der Waals surface area contributed by atoms with Gasteiger partial charge in [-0.05, 0) is 162 Å². The Balaban J connectivity index is 0.787. The van der Waals surface area contributed by atoms with Gasteiger partial charge < -0.3 is 57.6 Å². The Kier molecular flexibility index (Phi) is 23.4. The molecule has 5 heterocycles. The molecule has 4 bridgehead atoms. The van der Waals surface area contributed by atoms with Crippen molar-refractivity contribution in [2.75, 3.05) is 76.5 Å². The van der Waals surface area contributed by atoms with Gasteiger partial charge in [-0.1, -0.05) is 73.7 Å². The molecule has 25 nitrogen and oxygen atoms in total. The number of esters is 5. The van der Waals surface area contributed by atoms with Gasteiger partial charge in [0.1, 0.15) is 23.1 Å². The molecular weight excluding hydrogens is 1350 g/mol. The maximum absolute atomic E-state index is 14.5. The van der Waals surface area contributed by atoms with E-state index in [0.29, 0.717) is 94.2 Å². The van der Waals surface area contributed by atoms with Crippen molar-refractivity contribution in [3.8, 4) is 11.1 Å². The van der Waals surface area contributed by atoms with Crippen molar-refractivity contribution in [3.63, 3.8) is 0 Å². The molecule has 7 atom stereocenters. The number of benzene rings is 3. The highest BCUT2D eigenvalue weighted by Crippen LogP contribution is 2.72. The smallest absolute Gasteiger partial charge is 0.407 e. The molecule has 26 heteroatoms. The molecule has 1 saturated heterocycles. The molecule has 0 radical (unpaired) electrons. The highest BCUT2D eigenvalue weighted by atomic mass is 32.1. The van der Waals surface area contributed by atoms with Crippen molar-refractivity contribution >= 4 is 74.3 Å². The normalized spacial score (nSPS) is 24.2. The van der Waals surface area contributed by atoms with Crippen molar-refractivity contribution in [1.82, 2.24) is 30.0 Å². The number of carbonyl (C=O) groups excluding carboxylic acids is 7. The van der Waals surface area contributed by atoms with Crippen LogP contribution in [0.1, 0.15) is 163 Å². The lowest BCUT2D eigenvalue weighted by Gasteiger charge is -2.69. The monoisotopic (exact) mass is 1450 g/mol. The van der Waals surface area contributed by atoms with Gasteiger partial charge in [0.15, 0.2) is 35.2 Å². The molecule has 2 amide bonds. The van der Waals surface area contributed by atoms with E-state index in [1.807, 2.05) is 99.8 Å². The number of nitrogens with zero attached hydrogens (tertiary/aromatic N) is 6. The van der Waals surface area contributed by atoms with Crippen LogP contribution in [-0.2, 0) is 99.0 Å². The zero-order valence-corrected chi connectivity index (χ0v) is 63.0. The minimum absolute atomic E-state index is 0.0165. The summed E-state index contributed by atoms with van der Waals surface area (Å²) in [4.78, 5) is 105. The Morgan fingerprint density at radius 2 is 1.37 bits per heavy atom. The van der Waals surface area contributed by atoms with Crippen LogP contribution in [0.5, 0.6) is 0 Å². The van der Waals surface area contributed by atoms with Gasteiger partial charge in [0.2, 0.25) is 0 Å². The van der Waals surface area contributed by atoms with E-state index in [4.69, 9.17) is 57.5 Å². The van der Waals surface area contributed by atoms with E-state index in [9.17, 15) is 33.6 Å². The second-order valence-electron chi connectivity index (χ2n) is 31.4. The number of hydrogen-bond acceptors (Lipinski definition) is 23. The molecule has 2 N–H and O–H groups in total. The molecule has 2 aliphatic heterocycles. The summed E-state index contributed by atoms with van der Waals surface area (Å²) in [6.45, 7) is 26.8. The highest BCUT2D eigenvalue weighted by molar-refractivity contribution is 7.22. The Bertz CT molecular complexity index is 4070. The lowest BCUT2D eigenvalue weighted by Crippen LogP contribution is -2.64. The number of thiazole rings is 1. The molecule has 4 saturated carbocycles. The molecule has 5 fully saturated rings. The van der Waals surface area contributed by atoms with Crippen LogP contribution in [0.15, 0.2) is 85.1 Å². The summed E-state index contributed by atoms with van der Waals surface area (Å²) in [6.07, 6.45) is 1.35. The quantitative estimate of drug-likeness (QED) is 0.0262. The second-order valence-corrected chi connectivity index (χ2v) is 32.5. The Morgan fingerprint density at radius 1 is 0.702 bits per heavy atom. The van der Waals surface area contributed by atoms with E-state index in [-0.39, 0.29) is 47.4 Å². The van der Waals surface area contributed by atoms with Gasteiger partial charge in [0.25, 0.3) is 5.91 Å². The first-order valence-electron chi connectivity index (χ1n) is 35.9. The highest BCUT2D eigenvalue weighted by Gasteiger charge is 2.66. The fourth-order valence-electron chi connectivity index (χ4n) is 17.1. The Hall–Kier alpha value is -8.40. The predicted octanol–water partition coefficient (Wildman–Crippen LogP) is 11.1. The van der Waals surface area contributed by atoms with Gasteiger partial charge in [-0.15, -0.1) is 0 Å². The standard InChI is InChI=1S/C78H100N8O17S/c1-48-57(55-25-26-62(82-63(55)69(91)102-73(5,6)7)85-29-27-54-17-16-18-56(58(54)40-85)68(90)83-71-81-59-19-14-15-20-61(59)104-71)38-80-86(48)47-77-42-75(11)41-76(12,43-77)45-78(44-75,46-77)97-34-31-84(30-33-96-36-35-95-32-28-79-72(93)103-74(8,9)10)39-53-23-21-52(22-24-53)37-60-64(98-49(2)87)65(99-50(3)88)66(100-51(4)89)67(101-60)70(92)94-13/h14-26,38,60,64-67H,27-37,39-47H2,1-13H3,(H,79,93)(H,81,83,90)/t60?,64-,65+,66-,67-,75?,76?,77?,78?/m1/s1. The number of aromatic nitrogens is 4. The molecule has 104 heavy (non-hydrogen) atoms. The van der Waals surface area contributed by atoms with E-state index >= 15 is 0 Å². The number of methoxy groups -OCH3 is 1. The van der Waals surface area contributed by atoms with Gasteiger partial charge in [0, 0.05) is 95.4 Å². The maximum atomic E-state index is 14.5. The summed E-state index contributed by atoms with van der Waals surface area (Å²) in [7, 11) is 1.16. The number of alkyl carbamates (subject to hydrolysis) is 1. The number of nitrogens with one attached hydrogen (secondary N) is 2. The largest absolute Gasteiger partial charge is 0.467 e. The molecule has 3 aromatic carbocycles. The summed E-state index contributed by atoms with van der Waals surface area (Å²) in [5.41, 5.74) is 5.69. The number of amides is 2. The number of fused-ring (bicyclic) bond motifs is 2. The SMILES string of the molecule is COC(=O)[C@@H]1OC(Cc2ccc(CN(CCOCCOCCNC(=O)OC(C)(C)C)CCOC34CC5(C)CC(C)(CC(Cn6ncc(-c7ccc(N8CCc9cccc(C(=O)Nc%10nc%11ccccc%11s%10)c9C8)nc7C(=O)OC(C)(C)C)c6C)(C5)C3)C4)cc2)[C@@H](OC(C)=O)[C@H](OC(C)=O)[C@H]1OC(C)=O. The van der Waals surface area contributed by atoms with E-state index in [1.54, 1.807) is 20.8 Å². The molecule has 6 aromatic rings. The second kappa shape index (κ2) is 31.7. The van der Waals surface area contributed by atoms with Gasteiger partial charge in [-0.2, -0.15) is 5.10 Å². The van der Waals surface area contributed by atoms with Crippen LogP contribution in [-0.4, -0.2) is 180 Å². The van der Waals surface area contributed by atoms with Crippen LogP contribution in [0.2, 0.25) is 0 Å². The lowest BCUT2D eigenvalue weighted by atomic mass is 9.39. The molecule has 3 aromatic heterocycles. The number of carbonyl (C=O) groups is 7. The molecule has 4 aliphatic carbocycles. The molecule has 560 valence electrons. The van der Waals surface area contributed by atoms with Crippen LogP contribution in [0.3, 0.4) is 0 Å². The number of hydrogen-bond donors (Lipinski definition) is 2. The van der Waals surface area contributed by atoms with Crippen molar-refractivity contribution in [1.29, 1.82) is 0 Å². The van der Waals surface area contributed by atoms with E-state index in [0.717, 1.165) is 103 Å². The molecule has 12 rings (SSSR count). The first-order valence-corrected chi connectivity index (χ1v) is 36.7. The zero-order valence-electron chi connectivity index (χ0n) is 62.1. The van der Waals surface area contributed by atoms with Crippen LogP contribution >= 0.6 is 11.3 Å². The van der Waals surface area contributed by atoms with Crippen LogP contribution in [0.4, 0.5) is 15.7 Å². The third-order valence-corrected chi connectivity index (χ3v) is 20.8. The Morgan fingerprint density at radius 3 is 2.05 bits per heavy atom. The lowest BCUT2D eigenvalue weighted by molar-refractivity contribution is -0.249. The van der Waals surface area contributed by atoms with Gasteiger partial charge in [-0.3, -0.25) is 34.1 Å². The van der Waals surface area contributed by atoms with E-state index in [2.05, 4.69) is 56.9 Å². The zero-order chi connectivity index (χ0) is 74.5. The van der Waals surface area contributed by atoms with Crippen molar-refractivity contribution < 1.29 is 80.9 Å². The van der Waals surface area contributed by atoms with Crippen LogP contribution < -0.4 is 15.5 Å². The fraction of sp³-hybridized carbons (Fsp3) is 0.564. The predicted molar refractivity (Wildman–Crippen MR) is 388 cm³/mol. The number of pyridine rings is 1. The average Bonchev–Trinajstić information content (AvgIpc) is 0.756. The minimum Gasteiger partial charge on any atom is -0.467 e. The summed E-state index contributed by atoms with van der Waals surface area (Å²) in [6, 6.07) is 25.4. The third-order valence-electron chi connectivity index (χ3n) is 19.9. The summed E-state index contributed by atoms with van der Waals surface area (Å²) >= 11 is 1.43. The van der Waals surface area contributed by atoms with E-state index < -0.39 is 83.3 Å². The molecule has 0 spiro atoms. The van der Waals surface area contributed by atoms with Gasteiger partial charge >= 0.3 is 35.9 Å². The topological polar surface area (TPSA) is 286 Å². The first-order chi connectivity index (χ1) is 49.3. The van der Waals surface area contributed by atoms with Gasteiger partial charge in [0.05, 0.1) is 62.2 Å². The fourth-order valence-corrected chi connectivity index (χ4v) is 18.0. The molecular formula is C78H100N8O17S. The number of ether oxygens (including phenoxy) is 10. The van der Waals surface area contributed by atoms with E-state index in [1.165, 1.54) is 18.3 Å². The maximum Gasteiger partial charge on any atom is 0.407 e. The average molecular weight is 1450 g/mol. The van der Waals surface area contributed by atoms with Crippen molar-refractivity contribution in [2.24, 2.45) is 16.2 Å². The van der Waals surface area contributed by atoms with Crippen LogP contribution in [0.25, 0.3) is 21.3 Å². The summed E-state index contributed by atoms with van der Waals surface area (Å²) in [5.74, 6) is -3.29. The minimum atomic E-state index is -1.50. The number of para-hydroxylation sites is 1. The van der Waals surface area contributed by atoms with Crippen molar-refractivity contribution in [3.05, 3.63) is 124 Å². The van der Waals surface area contributed by atoms with Crippen LogP contribution in [0, 0.1) is 23.2 Å². The summed E-state index contributed by atoms with van der Waals surface area (Å²) < 4.78 is 61.9.